The second-order valence-electron chi connectivity index (χ2n) is 11.1. The number of rotatable bonds is 11. The Morgan fingerprint density at radius 1 is 1.12 bits per heavy atom. The van der Waals surface area contributed by atoms with Crippen LogP contribution in [0.4, 0.5) is 23.1 Å². The molecule has 1 saturated heterocycles. The first-order valence-electron chi connectivity index (χ1n) is 13.3. The van der Waals surface area contributed by atoms with Crippen LogP contribution < -0.4 is 15.4 Å². The summed E-state index contributed by atoms with van der Waals surface area (Å²) in [5, 5.41) is 10.5. The summed E-state index contributed by atoms with van der Waals surface area (Å²) in [6.07, 6.45) is 6.27. The maximum absolute atomic E-state index is 13.0. The molecule has 222 valence electrons. The third kappa shape index (κ3) is 6.76. The average molecular weight is 624 g/mol. The second kappa shape index (κ2) is 11.0. The molecule has 15 heteroatoms. The lowest BCUT2D eigenvalue weighted by atomic mass is 9.89. The quantitative estimate of drug-likeness (QED) is 0.321. The molecule has 2 aliphatic rings. The fourth-order valence-electron chi connectivity index (χ4n) is 4.67. The molecular formula is C26H34ClN7O5S2. The number of hydrogen-bond donors (Lipinski definition) is 2. The van der Waals surface area contributed by atoms with Crippen LogP contribution >= 0.6 is 11.6 Å². The van der Waals surface area contributed by atoms with Gasteiger partial charge in [-0.25, -0.2) is 26.1 Å². The third-order valence-electron chi connectivity index (χ3n) is 6.83. The molecular weight excluding hydrogens is 590 g/mol. The molecule has 41 heavy (non-hydrogen) atoms. The summed E-state index contributed by atoms with van der Waals surface area (Å²) in [5.74, 6) is 1.04. The number of halogens is 1. The van der Waals surface area contributed by atoms with Crippen molar-refractivity contribution >= 4 is 54.6 Å². The van der Waals surface area contributed by atoms with E-state index in [9.17, 15) is 16.8 Å². The fraction of sp³-hybridized carbons (Fsp3) is 0.500. The van der Waals surface area contributed by atoms with Gasteiger partial charge in [0.05, 0.1) is 35.7 Å². The molecule has 3 aromatic rings. The van der Waals surface area contributed by atoms with Crippen LogP contribution in [-0.2, 0) is 26.9 Å². The van der Waals surface area contributed by atoms with E-state index in [2.05, 4.69) is 25.7 Å². The maximum atomic E-state index is 13.0. The van der Waals surface area contributed by atoms with Gasteiger partial charge in [-0.15, -0.1) is 0 Å². The van der Waals surface area contributed by atoms with Gasteiger partial charge in [0, 0.05) is 32.3 Å². The number of anilines is 4. The van der Waals surface area contributed by atoms with Crippen molar-refractivity contribution in [2.24, 2.45) is 13.0 Å². The molecule has 1 aromatic carbocycles. The van der Waals surface area contributed by atoms with Crippen molar-refractivity contribution in [3.63, 3.8) is 0 Å². The van der Waals surface area contributed by atoms with E-state index < -0.39 is 19.9 Å². The standard InChI is InChI=1S/C26H34ClN7O5S2/c1-15(2)14-41(37,38)25-22(13-33(4)32-25)29-24-20(27)10-28-26(31-24)30-21-8-16(3)19(9-23(21)39-18-6-7-18)17-11-34(12-17)40(5,35)36/h8-10,13,15,17-18H,6-7,11-12,14H2,1-5H3,(H2,28,29,30,31). The van der Waals surface area contributed by atoms with Gasteiger partial charge >= 0.3 is 0 Å². The highest BCUT2D eigenvalue weighted by Gasteiger charge is 2.36. The molecule has 0 amide bonds. The molecule has 2 fully saturated rings. The van der Waals surface area contributed by atoms with Crippen LogP contribution in [0.25, 0.3) is 0 Å². The van der Waals surface area contributed by atoms with Crippen LogP contribution in [0.3, 0.4) is 0 Å². The third-order valence-corrected chi connectivity index (χ3v) is 10.3. The van der Waals surface area contributed by atoms with E-state index in [0.29, 0.717) is 24.5 Å². The zero-order valence-electron chi connectivity index (χ0n) is 23.5. The Kier molecular flexibility index (Phi) is 7.96. The number of aryl methyl sites for hydroxylation is 2. The van der Waals surface area contributed by atoms with Crippen LogP contribution in [0.2, 0.25) is 5.02 Å². The van der Waals surface area contributed by atoms with Gasteiger partial charge in [0.25, 0.3) is 0 Å². The first-order valence-corrected chi connectivity index (χ1v) is 17.2. The zero-order chi connectivity index (χ0) is 29.7. The summed E-state index contributed by atoms with van der Waals surface area (Å²) in [7, 11) is -5.22. The highest BCUT2D eigenvalue weighted by Crippen LogP contribution is 2.40. The Bertz CT molecular complexity index is 1680. The predicted octanol–water partition coefficient (Wildman–Crippen LogP) is 3.99. The minimum atomic E-state index is -3.65. The summed E-state index contributed by atoms with van der Waals surface area (Å²) in [4.78, 5) is 8.83. The van der Waals surface area contributed by atoms with Crippen LogP contribution in [-0.4, -0.2) is 72.1 Å². The van der Waals surface area contributed by atoms with Crippen LogP contribution in [0, 0.1) is 12.8 Å². The van der Waals surface area contributed by atoms with E-state index in [1.807, 2.05) is 32.9 Å². The number of sulfonamides is 1. The molecule has 3 heterocycles. The first kappa shape index (κ1) is 29.5. The van der Waals surface area contributed by atoms with Crippen LogP contribution in [0.15, 0.2) is 29.6 Å². The summed E-state index contributed by atoms with van der Waals surface area (Å²) in [6.45, 7) is 6.51. The summed E-state index contributed by atoms with van der Waals surface area (Å²) in [5.41, 5.74) is 2.95. The number of ether oxygens (including phenoxy) is 1. The van der Waals surface area contributed by atoms with Crippen LogP contribution in [0.1, 0.15) is 43.7 Å². The van der Waals surface area contributed by atoms with Crippen molar-refractivity contribution in [3.05, 3.63) is 40.7 Å². The Morgan fingerprint density at radius 3 is 2.46 bits per heavy atom. The molecule has 2 N–H and O–H groups in total. The van der Waals surface area contributed by atoms with E-state index >= 15 is 0 Å². The smallest absolute Gasteiger partial charge is 0.229 e. The normalized spacial score (nSPS) is 16.6. The summed E-state index contributed by atoms with van der Waals surface area (Å²) >= 11 is 6.40. The lowest BCUT2D eigenvalue weighted by Gasteiger charge is -2.38. The van der Waals surface area contributed by atoms with Crippen molar-refractivity contribution in [1.82, 2.24) is 24.1 Å². The van der Waals surface area contributed by atoms with Crippen molar-refractivity contribution in [2.75, 3.05) is 35.7 Å². The number of nitrogens with one attached hydrogen (secondary N) is 2. The van der Waals surface area contributed by atoms with Gasteiger partial charge in [-0.2, -0.15) is 10.1 Å². The Hall–Kier alpha value is -2.94. The Balaban J connectivity index is 1.41. The molecule has 1 aliphatic heterocycles. The van der Waals surface area contributed by atoms with Gasteiger partial charge in [0.15, 0.2) is 15.7 Å². The van der Waals surface area contributed by atoms with Crippen molar-refractivity contribution in [2.45, 2.75) is 50.7 Å². The van der Waals surface area contributed by atoms with E-state index in [1.54, 1.807) is 13.2 Å². The summed E-state index contributed by atoms with van der Waals surface area (Å²) < 4.78 is 58.7. The van der Waals surface area contributed by atoms with Crippen molar-refractivity contribution in [3.8, 4) is 5.75 Å². The number of aromatic nitrogens is 4. The molecule has 0 spiro atoms. The average Bonchev–Trinajstić information content (AvgIpc) is 3.55. The number of hydrogen-bond acceptors (Lipinski definition) is 10. The lowest BCUT2D eigenvalue weighted by molar-refractivity contribution is 0.263. The molecule has 0 radical (unpaired) electrons. The van der Waals surface area contributed by atoms with E-state index in [4.69, 9.17) is 16.3 Å². The van der Waals surface area contributed by atoms with Crippen molar-refractivity contribution in [1.29, 1.82) is 0 Å². The van der Waals surface area contributed by atoms with Gasteiger partial charge in [-0.3, -0.25) is 4.68 Å². The summed E-state index contributed by atoms with van der Waals surface area (Å²) in [6, 6.07) is 3.91. The number of nitrogens with zero attached hydrogens (tertiary/aromatic N) is 5. The molecule has 2 aromatic heterocycles. The van der Waals surface area contributed by atoms with Gasteiger partial charge in [0.1, 0.15) is 10.8 Å². The minimum Gasteiger partial charge on any atom is -0.488 e. The molecule has 1 saturated carbocycles. The molecule has 12 nitrogen and oxygen atoms in total. The first-order chi connectivity index (χ1) is 19.2. The predicted molar refractivity (Wildman–Crippen MR) is 158 cm³/mol. The van der Waals surface area contributed by atoms with Gasteiger partial charge in [0.2, 0.25) is 21.0 Å². The van der Waals surface area contributed by atoms with Gasteiger partial charge in [-0.05, 0) is 48.9 Å². The second-order valence-corrected chi connectivity index (χ2v) is 15.5. The molecule has 5 rings (SSSR count). The van der Waals surface area contributed by atoms with Gasteiger partial charge < -0.3 is 15.4 Å². The molecule has 1 aliphatic carbocycles. The maximum Gasteiger partial charge on any atom is 0.229 e. The van der Waals surface area contributed by atoms with E-state index in [1.165, 1.54) is 21.4 Å². The van der Waals surface area contributed by atoms with Gasteiger partial charge in [-0.1, -0.05) is 25.4 Å². The largest absolute Gasteiger partial charge is 0.488 e. The van der Waals surface area contributed by atoms with Crippen molar-refractivity contribution < 1.29 is 21.6 Å². The highest BCUT2D eigenvalue weighted by molar-refractivity contribution is 7.91. The topological polar surface area (TPSA) is 148 Å². The molecule has 0 atom stereocenters. The lowest BCUT2D eigenvalue weighted by Crippen LogP contribution is -2.48. The monoisotopic (exact) mass is 623 g/mol. The SMILES string of the molecule is Cc1cc(Nc2ncc(Cl)c(Nc3cn(C)nc3S(=O)(=O)CC(C)C)n2)c(OC2CC2)cc1C1CN(S(C)(=O)=O)C1. The zero-order valence-corrected chi connectivity index (χ0v) is 25.9. The molecule has 0 bridgehead atoms. The number of benzene rings is 1. The Morgan fingerprint density at radius 2 is 1.83 bits per heavy atom. The van der Waals surface area contributed by atoms with E-state index in [-0.39, 0.29) is 51.2 Å². The highest BCUT2D eigenvalue weighted by atomic mass is 35.5. The van der Waals surface area contributed by atoms with E-state index in [0.717, 1.165) is 24.0 Å². The minimum absolute atomic E-state index is 0.0464. The molecule has 0 unspecified atom stereocenters. The fourth-order valence-corrected chi connectivity index (χ4v) is 7.44. The number of sulfone groups is 1. The Labute approximate surface area is 245 Å². The van der Waals surface area contributed by atoms with Crippen LogP contribution in [0.5, 0.6) is 5.75 Å².